The van der Waals surface area contributed by atoms with Gasteiger partial charge in [0.15, 0.2) is 5.78 Å². The van der Waals surface area contributed by atoms with E-state index in [9.17, 15) is 14.4 Å². The summed E-state index contributed by atoms with van der Waals surface area (Å²) < 4.78 is 0. The molecule has 7 heteroatoms. The maximum atomic E-state index is 13.5. The third-order valence-corrected chi connectivity index (χ3v) is 7.61. The van der Waals surface area contributed by atoms with E-state index in [4.69, 9.17) is 0 Å². The molecule has 200 valence electrons. The molecular weight excluding hydrogens is 464 g/mol. The highest BCUT2D eigenvalue weighted by Gasteiger charge is 2.36. The lowest BCUT2D eigenvalue weighted by Gasteiger charge is -2.28. The van der Waals surface area contributed by atoms with Gasteiger partial charge < -0.3 is 20.1 Å². The second-order valence-electron chi connectivity index (χ2n) is 12.2. The van der Waals surface area contributed by atoms with E-state index in [1.807, 2.05) is 21.0 Å². The molecule has 0 spiro atoms. The van der Waals surface area contributed by atoms with Crippen molar-refractivity contribution in [3.05, 3.63) is 57.9 Å². The Morgan fingerprint density at radius 3 is 2.27 bits per heavy atom. The molecule has 2 aliphatic carbocycles. The number of H-pyrrole nitrogens is 1. The molecule has 4 rings (SSSR count). The van der Waals surface area contributed by atoms with E-state index in [0.717, 1.165) is 30.6 Å². The summed E-state index contributed by atoms with van der Waals surface area (Å²) in [5.74, 6) is 0.337. The van der Waals surface area contributed by atoms with E-state index >= 15 is 0 Å². The van der Waals surface area contributed by atoms with Crippen molar-refractivity contribution in [2.45, 2.75) is 78.4 Å². The Morgan fingerprint density at radius 2 is 1.68 bits per heavy atom. The van der Waals surface area contributed by atoms with Crippen molar-refractivity contribution in [2.24, 2.45) is 11.3 Å². The average molecular weight is 507 g/mol. The molecule has 0 radical (unpaired) electrons. The highest BCUT2D eigenvalue weighted by Crippen LogP contribution is 2.37. The van der Waals surface area contributed by atoms with Crippen molar-refractivity contribution in [1.29, 1.82) is 0 Å². The van der Waals surface area contributed by atoms with Crippen molar-refractivity contribution >= 4 is 17.6 Å². The minimum absolute atomic E-state index is 0.0803. The highest BCUT2D eigenvalue weighted by molar-refractivity contribution is 6.05. The van der Waals surface area contributed by atoms with Gasteiger partial charge in [0.2, 0.25) is 5.91 Å². The molecule has 1 saturated carbocycles. The number of carbonyl (C=O) groups excluding carboxylic acids is 3. The van der Waals surface area contributed by atoms with Gasteiger partial charge in [0.1, 0.15) is 11.7 Å². The van der Waals surface area contributed by atoms with Crippen molar-refractivity contribution in [2.75, 3.05) is 21.1 Å². The zero-order valence-corrected chi connectivity index (χ0v) is 23.2. The molecule has 2 aromatic rings. The first-order valence-electron chi connectivity index (χ1n) is 13.5. The number of hydrogen-bond donors (Lipinski definition) is 2. The van der Waals surface area contributed by atoms with E-state index < -0.39 is 6.04 Å². The van der Waals surface area contributed by atoms with Crippen molar-refractivity contribution in [3.8, 4) is 0 Å². The maximum absolute atomic E-state index is 13.5. The molecule has 2 N–H and O–H groups in total. The normalized spacial score (nSPS) is 17.4. The number of amides is 2. The average Bonchev–Trinajstić information content (AvgIpc) is 3.58. The lowest BCUT2D eigenvalue weighted by atomic mass is 9.75. The minimum Gasteiger partial charge on any atom is -0.354 e. The van der Waals surface area contributed by atoms with Crippen molar-refractivity contribution in [1.82, 2.24) is 20.1 Å². The smallest absolute Gasteiger partial charge is 0.268 e. The van der Waals surface area contributed by atoms with Crippen LogP contribution in [0.1, 0.15) is 89.2 Å². The fraction of sp³-hybridized carbons (Fsp3) is 0.567. The molecule has 1 atom stereocenters. The van der Waals surface area contributed by atoms with Crippen LogP contribution < -0.4 is 5.32 Å². The van der Waals surface area contributed by atoms with Gasteiger partial charge in [-0.25, -0.2) is 0 Å². The predicted octanol–water partition coefficient (Wildman–Crippen LogP) is 4.49. The molecule has 37 heavy (non-hydrogen) atoms. The molecule has 0 bridgehead atoms. The van der Waals surface area contributed by atoms with E-state index in [1.165, 1.54) is 18.4 Å². The van der Waals surface area contributed by atoms with Crippen LogP contribution in [-0.4, -0.2) is 59.6 Å². The lowest BCUT2D eigenvalue weighted by Crippen LogP contribution is -2.47. The molecule has 1 heterocycles. The van der Waals surface area contributed by atoms with Gasteiger partial charge in [0.05, 0.1) is 0 Å². The third kappa shape index (κ3) is 6.69. The first kappa shape index (κ1) is 27.1. The molecule has 7 nitrogen and oxygen atoms in total. The number of fused-ring (bicyclic) bond motifs is 1. The number of nitrogens with one attached hydrogen (secondary N) is 2. The zero-order chi connectivity index (χ0) is 26.9. The summed E-state index contributed by atoms with van der Waals surface area (Å²) in [6.07, 6.45) is 5.14. The van der Waals surface area contributed by atoms with E-state index in [2.05, 4.69) is 53.3 Å². The molecule has 1 fully saturated rings. The largest absolute Gasteiger partial charge is 0.354 e. The molecule has 1 aromatic carbocycles. The fourth-order valence-corrected chi connectivity index (χ4v) is 5.49. The number of ketones is 1. The molecule has 2 aliphatic rings. The Bertz CT molecular complexity index is 1160. The van der Waals surface area contributed by atoms with Crippen LogP contribution in [0.5, 0.6) is 0 Å². The number of likely N-dealkylation sites (N-methyl/N-ethyl adjacent to an activating group) is 1. The molecular formula is C30H42N4O3. The number of hydrogen-bond acceptors (Lipinski definition) is 4. The first-order valence-corrected chi connectivity index (χ1v) is 13.5. The van der Waals surface area contributed by atoms with Crippen molar-refractivity contribution in [3.63, 3.8) is 0 Å². The van der Waals surface area contributed by atoms with Crippen molar-refractivity contribution < 1.29 is 14.4 Å². The number of rotatable bonds is 10. The fourth-order valence-electron chi connectivity index (χ4n) is 5.49. The van der Waals surface area contributed by atoms with Crippen LogP contribution in [0.2, 0.25) is 0 Å². The van der Waals surface area contributed by atoms with Crippen LogP contribution in [-0.2, 0) is 24.3 Å². The van der Waals surface area contributed by atoms with Gasteiger partial charge in [-0.2, -0.15) is 0 Å². The molecule has 1 aromatic heterocycles. The quantitative estimate of drug-likeness (QED) is 0.497. The van der Waals surface area contributed by atoms with Crippen LogP contribution in [0, 0.1) is 18.3 Å². The molecule has 0 aliphatic heterocycles. The van der Waals surface area contributed by atoms with Gasteiger partial charge in [0.25, 0.3) is 5.91 Å². The summed E-state index contributed by atoms with van der Waals surface area (Å²) in [5, 5.41) is 3.02. The summed E-state index contributed by atoms with van der Waals surface area (Å²) in [4.78, 5) is 46.8. The van der Waals surface area contributed by atoms with Gasteiger partial charge in [-0.3, -0.25) is 14.4 Å². The number of Topliss-reactive ketones (excluding diaryl/α,β-unsaturated/α-hetero) is 1. The molecule has 0 saturated heterocycles. The van der Waals surface area contributed by atoms with Gasteiger partial charge >= 0.3 is 0 Å². The van der Waals surface area contributed by atoms with Gasteiger partial charge in [-0.05, 0) is 68.3 Å². The van der Waals surface area contributed by atoms with Gasteiger partial charge in [-0.15, -0.1) is 0 Å². The monoisotopic (exact) mass is 506 g/mol. The second kappa shape index (κ2) is 10.8. The number of carbonyl (C=O) groups is 3. The van der Waals surface area contributed by atoms with Gasteiger partial charge in [0, 0.05) is 37.8 Å². The minimum atomic E-state index is -0.599. The van der Waals surface area contributed by atoms with E-state index in [-0.39, 0.29) is 23.0 Å². The van der Waals surface area contributed by atoms with E-state index in [0.29, 0.717) is 42.1 Å². The summed E-state index contributed by atoms with van der Waals surface area (Å²) >= 11 is 0. The Labute approximate surface area is 221 Å². The highest BCUT2D eigenvalue weighted by atomic mass is 16.2. The number of aromatic nitrogens is 1. The number of aromatic amines is 1. The maximum Gasteiger partial charge on any atom is 0.268 e. The SMILES string of the molecule is Cc1c(C(=O)NC(CCC2CC2)C(=O)N(C)Cc2ccc(CN(C)C)cc2)[nH]c2c1C(=O)CC(C)(C)C2. The lowest BCUT2D eigenvalue weighted by molar-refractivity contribution is -0.132. The number of nitrogens with zero attached hydrogens (tertiary/aromatic N) is 2. The first-order chi connectivity index (χ1) is 17.4. The molecule has 1 unspecified atom stereocenters. The molecule has 2 amide bonds. The van der Waals surface area contributed by atoms with Crippen LogP contribution in [0.25, 0.3) is 0 Å². The Hall–Kier alpha value is -2.93. The van der Waals surface area contributed by atoms with Gasteiger partial charge in [-0.1, -0.05) is 51.0 Å². The van der Waals surface area contributed by atoms with E-state index in [1.54, 1.807) is 11.9 Å². The zero-order valence-electron chi connectivity index (χ0n) is 23.2. The third-order valence-electron chi connectivity index (χ3n) is 7.61. The van der Waals surface area contributed by atoms with Crippen LogP contribution in [0.15, 0.2) is 24.3 Å². The van der Waals surface area contributed by atoms with Crippen LogP contribution >= 0.6 is 0 Å². The Morgan fingerprint density at radius 1 is 1.05 bits per heavy atom. The standard InChI is InChI=1S/C30H42N4O3/c1-19-26-24(15-30(2,3)16-25(26)35)31-27(19)28(36)32-23(14-13-20-7-8-20)29(37)34(6)18-22-11-9-21(10-12-22)17-33(4)5/h9-12,20,23,31H,7-8,13-18H2,1-6H3,(H,32,36). The van der Waals surface area contributed by atoms with Crippen LogP contribution in [0.4, 0.5) is 0 Å². The topological polar surface area (TPSA) is 85.5 Å². The number of benzene rings is 1. The Balaban J connectivity index is 1.47. The summed E-state index contributed by atoms with van der Waals surface area (Å²) in [7, 11) is 5.88. The summed E-state index contributed by atoms with van der Waals surface area (Å²) in [5.41, 5.74) is 4.72. The Kier molecular flexibility index (Phi) is 7.93. The summed E-state index contributed by atoms with van der Waals surface area (Å²) in [6, 6.07) is 7.71. The van der Waals surface area contributed by atoms with Crippen LogP contribution in [0.3, 0.4) is 0 Å². The second-order valence-corrected chi connectivity index (χ2v) is 12.2. The summed E-state index contributed by atoms with van der Waals surface area (Å²) in [6.45, 7) is 7.32. The predicted molar refractivity (Wildman–Crippen MR) is 145 cm³/mol.